The summed E-state index contributed by atoms with van der Waals surface area (Å²) in [5, 5.41) is 2.41. The van der Waals surface area contributed by atoms with E-state index in [9.17, 15) is 0 Å². The number of benzene rings is 3. The third kappa shape index (κ3) is 3.57. The average Bonchev–Trinajstić information content (AvgIpc) is 2.54. The molecule has 0 saturated carbocycles. The maximum atomic E-state index is 5.91. The van der Waals surface area contributed by atoms with E-state index in [0.717, 1.165) is 17.3 Å². The summed E-state index contributed by atoms with van der Waals surface area (Å²) in [4.78, 5) is 1.21. The molecular formula is C18H17NOS. The molecule has 0 aliphatic rings. The summed E-state index contributed by atoms with van der Waals surface area (Å²) in [5.41, 5.74) is 5.51. The van der Waals surface area contributed by atoms with Crippen molar-refractivity contribution in [2.75, 3.05) is 12.3 Å². The molecule has 0 fully saturated rings. The Hall–Kier alpha value is -1.97. The molecule has 0 aliphatic carbocycles. The number of hydrogen-bond donors (Lipinski definition) is 1. The third-order valence-corrected chi connectivity index (χ3v) is 4.21. The molecule has 0 amide bonds. The molecule has 3 aromatic rings. The highest BCUT2D eigenvalue weighted by Crippen LogP contribution is 2.27. The molecule has 2 nitrogen and oxygen atoms in total. The Labute approximate surface area is 128 Å². The minimum Gasteiger partial charge on any atom is -0.457 e. The lowest BCUT2D eigenvalue weighted by atomic mass is 10.1. The number of thioether (sulfide) groups is 1. The van der Waals surface area contributed by atoms with Crippen LogP contribution in [0.1, 0.15) is 0 Å². The summed E-state index contributed by atoms with van der Waals surface area (Å²) in [5.74, 6) is 2.64. The van der Waals surface area contributed by atoms with Crippen molar-refractivity contribution >= 4 is 22.5 Å². The van der Waals surface area contributed by atoms with E-state index in [2.05, 4.69) is 36.4 Å². The molecule has 3 aromatic carbocycles. The van der Waals surface area contributed by atoms with Gasteiger partial charge in [-0.1, -0.05) is 30.3 Å². The monoisotopic (exact) mass is 295 g/mol. The van der Waals surface area contributed by atoms with E-state index < -0.39 is 0 Å². The molecule has 0 aromatic heterocycles. The zero-order valence-corrected chi connectivity index (χ0v) is 12.5. The van der Waals surface area contributed by atoms with Gasteiger partial charge in [-0.25, -0.2) is 0 Å². The minimum absolute atomic E-state index is 0.694. The van der Waals surface area contributed by atoms with Gasteiger partial charge in [0, 0.05) is 17.2 Å². The Kier molecular flexibility index (Phi) is 4.43. The van der Waals surface area contributed by atoms with Gasteiger partial charge in [0.2, 0.25) is 0 Å². The summed E-state index contributed by atoms with van der Waals surface area (Å²) in [6, 6.07) is 22.5. The van der Waals surface area contributed by atoms with Gasteiger partial charge in [0.15, 0.2) is 0 Å². The van der Waals surface area contributed by atoms with E-state index in [-0.39, 0.29) is 0 Å². The van der Waals surface area contributed by atoms with Crippen LogP contribution in [0.4, 0.5) is 0 Å². The van der Waals surface area contributed by atoms with Crippen LogP contribution in [0.5, 0.6) is 11.5 Å². The molecule has 3 heteroatoms. The first-order valence-electron chi connectivity index (χ1n) is 6.95. The fourth-order valence-electron chi connectivity index (χ4n) is 2.15. The highest BCUT2D eigenvalue weighted by Gasteiger charge is 2.00. The van der Waals surface area contributed by atoms with Gasteiger partial charge in [-0.15, -0.1) is 11.8 Å². The van der Waals surface area contributed by atoms with E-state index in [0.29, 0.717) is 6.54 Å². The number of fused-ring (bicyclic) bond motifs is 1. The van der Waals surface area contributed by atoms with E-state index >= 15 is 0 Å². The zero-order chi connectivity index (χ0) is 14.5. The fourth-order valence-corrected chi connectivity index (χ4v) is 2.83. The molecule has 0 aliphatic heterocycles. The molecule has 3 rings (SSSR count). The summed E-state index contributed by atoms with van der Waals surface area (Å²) < 4.78 is 5.91. The van der Waals surface area contributed by atoms with Crippen LogP contribution in [0.25, 0.3) is 10.8 Å². The summed E-state index contributed by atoms with van der Waals surface area (Å²) in [6.07, 6.45) is 0. The van der Waals surface area contributed by atoms with Gasteiger partial charge in [-0.2, -0.15) is 0 Å². The van der Waals surface area contributed by atoms with E-state index in [4.69, 9.17) is 10.5 Å². The molecule has 106 valence electrons. The first-order valence-corrected chi connectivity index (χ1v) is 7.93. The van der Waals surface area contributed by atoms with Gasteiger partial charge in [0.25, 0.3) is 0 Å². The Bertz CT molecular complexity index is 725. The second-order valence-electron chi connectivity index (χ2n) is 4.72. The largest absolute Gasteiger partial charge is 0.457 e. The molecule has 0 atom stereocenters. The SMILES string of the molecule is NCCSc1ccc(Oc2ccc3ccccc3c2)cc1. The van der Waals surface area contributed by atoms with Crippen molar-refractivity contribution in [3.63, 3.8) is 0 Å². The van der Waals surface area contributed by atoms with Crippen molar-refractivity contribution in [2.45, 2.75) is 4.90 Å². The van der Waals surface area contributed by atoms with Gasteiger partial charge in [0.1, 0.15) is 11.5 Å². The van der Waals surface area contributed by atoms with Gasteiger partial charge in [-0.05, 0) is 47.2 Å². The molecule has 0 spiro atoms. The van der Waals surface area contributed by atoms with E-state index in [1.54, 1.807) is 11.8 Å². The highest BCUT2D eigenvalue weighted by molar-refractivity contribution is 7.99. The highest BCUT2D eigenvalue weighted by atomic mass is 32.2. The number of nitrogens with two attached hydrogens (primary N) is 1. The van der Waals surface area contributed by atoms with Gasteiger partial charge in [0.05, 0.1) is 0 Å². The van der Waals surface area contributed by atoms with Crippen LogP contribution in [-0.4, -0.2) is 12.3 Å². The lowest BCUT2D eigenvalue weighted by molar-refractivity contribution is 0.483. The molecule has 0 saturated heterocycles. The first-order chi connectivity index (χ1) is 10.3. The maximum absolute atomic E-state index is 5.91. The van der Waals surface area contributed by atoms with Crippen molar-refractivity contribution in [2.24, 2.45) is 5.73 Å². The van der Waals surface area contributed by atoms with Crippen molar-refractivity contribution < 1.29 is 4.74 Å². The molecule has 0 bridgehead atoms. The second-order valence-corrected chi connectivity index (χ2v) is 5.89. The van der Waals surface area contributed by atoms with Crippen molar-refractivity contribution in [3.8, 4) is 11.5 Å². The molecule has 0 radical (unpaired) electrons. The maximum Gasteiger partial charge on any atom is 0.128 e. The predicted molar refractivity (Wildman–Crippen MR) is 90.2 cm³/mol. The Morgan fingerprint density at radius 3 is 2.29 bits per heavy atom. The number of rotatable bonds is 5. The Morgan fingerprint density at radius 2 is 1.52 bits per heavy atom. The molecule has 0 unspecified atom stereocenters. The smallest absolute Gasteiger partial charge is 0.128 e. The fraction of sp³-hybridized carbons (Fsp3) is 0.111. The first kappa shape index (κ1) is 14.0. The lowest BCUT2D eigenvalue weighted by Gasteiger charge is -2.08. The van der Waals surface area contributed by atoms with Gasteiger partial charge >= 0.3 is 0 Å². The molecule has 2 N–H and O–H groups in total. The summed E-state index contributed by atoms with van der Waals surface area (Å²) in [7, 11) is 0. The Morgan fingerprint density at radius 1 is 0.810 bits per heavy atom. The number of hydrogen-bond acceptors (Lipinski definition) is 3. The van der Waals surface area contributed by atoms with Crippen LogP contribution in [0.3, 0.4) is 0 Å². The quantitative estimate of drug-likeness (QED) is 0.694. The van der Waals surface area contributed by atoms with Crippen molar-refractivity contribution in [3.05, 3.63) is 66.7 Å². The van der Waals surface area contributed by atoms with Crippen LogP contribution in [0.2, 0.25) is 0 Å². The predicted octanol–water partition coefficient (Wildman–Crippen LogP) is 4.68. The Balaban J connectivity index is 1.75. The zero-order valence-electron chi connectivity index (χ0n) is 11.7. The van der Waals surface area contributed by atoms with Crippen LogP contribution in [0, 0.1) is 0 Å². The van der Waals surface area contributed by atoms with Gasteiger partial charge < -0.3 is 10.5 Å². The lowest BCUT2D eigenvalue weighted by Crippen LogP contribution is -2.00. The minimum atomic E-state index is 0.694. The standard InChI is InChI=1S/C18H17NOS/c19-11-12-21-18-9-7-16(8-10-18)20-17-6-5-14-3-1-2-4-15(14)13-17/h1-10,13H,11-12,19H2. The van der Waals surface area contributed by atoms with E-state index in [1.807, 2.05) is 30.3 Å². The van der Waals surface area contributed by atoms with Crippen LogP contribution >= 0.6 is 11.8 Å². The third-order valence-electron chi connectivity index (χ3n) is 3.17. The van der Waals surface area contributed by atoms with E-state index in [1.165, 1.54) is 15.7 Å². The normalized spacial score (nSPS) is 10.7. The van der Waals surface area contributed by atoms with Crippen LogP contribution < -0.4 is 10.5 Å². The molecule has 0 heterocycles. The van der Waals surface area contributed by atoms with Crippen molar-refractivity contribution in [1.82, 2.24) is 0 Å². The topological polar surface area (TPSA) is 35.2 Å². The van der Waals surface area contributed by atoms with Gasteiger partial charge in [-0.3, -0.25) is 0 Å². The average molecular weight is 295 g/mol. The van der Waals surface area contributed by atoms with Crippen LogP contribution in [-0.2, 0) is 0 Å². The molecule has 21 heavy (non-hydrogen) atoms. The second kappa shape index (κ2) is 6.66. The number of ether oxygens (including phenoxy) is 1. The summed E-state index contributed by atoms with van der Waals surface area (Å²) >= 11 is 1.76. The summed E-state index contributed by atoms with van der Waals surface area (Å²) in [6.45, 7) is 0.694. The van der Waals surface area contributed by atoms with Crippen LogP contribution in [0.15, 0.2) is 71.6 Å². The van der Waals surface area contributed by atoms with Crippen molar-refractivity contribution in [1.29, 1.82) is 0 Å². The molecular weight excluding hydrogens is 278 g/mol.